The van der Waals surface area contributed by atoms with Crippen molar-refractivity contribution in [2.24, 2.45) is 0 Å². The largest absolute Gasteiger partial charge is 0.447 e. The van der Waals surface area contributed by atoms with Crippen molar-refractivity contribution in [3.63, 3.8) is 0 Å². The average Bonchev–Trinajstić information content (AvgIpc) is 0.888. The van der Waals surface area contributed by atoms with Crippen LogP contribution in [0.25, 0.3) is 32.3 Å². The number of nitrogens with one attached hydrogen (secondary N) is 6. The number of aliphatic hydroxyl groups is 3. The first-order valence-electron chi connectivity index (χ1n) is 36.2. The van der Waals surface area contributed by atoms with E-state index < -0.39 is 94.0 Å². The van der Waals surface area contributed by atoms with E-state index in [1.54, 1.807) is 90.1 Å². The van der Waals surface area contributed by atoms with Gasteiger partial charge in [0.2, 0.25) is 17.7 Å². The summed E-state index contributed by atoms with van der Waals surface area (Å²) in [6.07, 6.45) is 2.81. The molecule has 35 heteroatoms. The van der Waals surface area contributed by atoms with Crippen LogP contribution in [0.5, 0.6) is 0 Å². The van der Waals surface area contributed by atoms with Crippen LogP contribution in [-0.2, 0) is 54.9 Å². The number of pyridine rings is 3. The van der Waals surface area contributed by atoms with Gasteiger partial charge in [0, 0.05) is 105 Å². The van der Waals surface area contributed by atoms with Crippen LogP contribution < -0.4 is 37.3 Å². The normalized spacial score (nSPS) is 12.3. The maximum Gasteiger partial charge on any atom is 0.412 e. The van der Waals surface area contributed by atoms with E-state index in [-0.39, 0.29) is 110 Å². The van der Waals surface area contributed by atoms with E-state index in [2.05, 4.69) is 47.2 Å². The highest BCUT2D eigenvalue weighted by atomic mass is 35.5. The number of carbonyl (C=O) groups excluding carboxylic acids is 6. The number of anilines is 3. The summed E-state index contributed by atoms with van der Waals surface area (Å²) >= 11 is 24.4. The van der Waals surface area contributed by atoms with Gasteiger partial charge in [0.1, 0.15) is 59.8 Å². The summed E-state index contributed by atoms with van der Waals surface area (Å²) in [5.74, 6) is -3.75. The second-order valence-electron chi connectivity index (χ2n) is 28.8. The number of fused-ring (bicyclic) bond motifs is 3. The van der Waals surface area contributed by atoms with Gasteiger partial charge in [-0.3, -0.25) is 44.9 Å². The smallest absolute Gasteiger partial charge is 0.412 e. The molecule has 25 nitrogen and oxygen atoms in total. The molecule has 0 radical (unpaired) electrons. The number of nitrogens with zero attached hydrogens (tertiary/aromatic N) is 7. The first-order chi connectivity index (χ1) is 55.2. The average molecular weight is 1700 g/mol. The molecule has 0 spiro atoms. The maximum absolute atomic E-state index is 14.0. The van der Waals surface area contributed by atoms with Gasteiger partial charge >= 0.3 is 18.2 Å². The van der Waals surface area contributed by atoms with Crippen molar-refractivity contribution in [3.8, 4) is 0 Å². The predicted molar refractivity (Wildman–Crippen MR) is 434 cm³/mol. The number of hydrazine groups is 3. The molecule has 0 saturated carbocycles. The minimum atomic E-state index is -1.30. The quantitative estimate of drug-likeness (QED) is 0.0149. The fourth-order valence-electron chi connectivity index (χ4n) is 11.9. The number of ether oxygens (including phenoxy) is 2. The molecule has 10 rings (SSSR count). The molecule has 3 heterocycles. The molecule has 0 aliphatic carbocycles. The summed E-state index contributed by atoms with van der Waals surface area (Å²) in [7, 11) is 0. The Kier molecular flexibility index (Phi) is 33.0. The third-order valence-electron chi connectivity index (χ3n) is 17.2. The lowest BCUT2D eigenvalue weighted by molar-refractivity contribution is -0.139. The van der Waals surface area contributed by atoms with Crippen LogP contribution in [0.4, 0.5) is 58.2 Å². The van der Waals surface area contributed by atoms with Crippen molar-refractivity contribution in [2.75, 3.05) is 35.5 Å². The lowest BCUT2D eigenvalue weighted by atomic mass is 9.99. The van der Waals surface area contributed by atoms with Crippen molar-refractivity contribution < 1.29 is 84.7 Å². The minimum absolute atomic E-state index is 0.0119. The van der Waals surface area contributed by atoms with Gasteiger partial charge in [0.15, 0.2) is 5.82 Å². The molecule has 7 aromatic carbocycles. The zero-order valence-corrected chi connectivity index (χ0v) is 67.9. The minimum Gasteiger partial charge on any atom is -0.447 e. The molecule has 0 aliphatic rings. The van der Waals surface area contributed by atoms with E-state index in [1.165, 1.54) is 139 Å². The van der Waals surface area contributed by atoms with Crippen LogP contribution in [0, 0.1) is 34.9 Å². The highest BCUT2D eigenvalue weighted by molar-refractivity contribution is 6.32. The number of rotatable bonds is 30. The highest BCUT2D eigenvalue weighted by Crippen LogP contribution is 2.29. The summed E-state index contributed by atoms with van der Waals surface area (Å²) in [6, 6.07) is 33.6. The molecule has 0 aliphatic heterocycles. The van der Waals surface area contributed by atoms with Gasteiger partial charge in [-0.2, -0.15) is 5.06 Å². The fourth-order valence-corrected chi connectivity index (χ4v) is 12.7. The molecular weight excluding hydrogens is 1610 g/mol. The third kappa shape index (κ3) is 28.9. The zero-order chi connectivity index (χ0) is 85.6. The Morgan fingerprint density at radius 3 is 1.21 bits per heavy atom. The van der Waals surface area contributed by atoms with Crippen molar-refractivity contribution in [3.05, 3.63) is 247 Å². The van der Waals surface area contributed by atoms with Crippen molar-refractivity contribution in [1.29, 1.82) is 0 Å². The van der Waals surface area contributed by atoms with E-state index in [9.17, 15) is 70.4 Å². The number of benzene rings is 7. The molecule has 622 valence electrons. The number of halogens is 10. The van der Waals surface area contributed by atoms with Crippen molar-refractivity contribution in [1.82, 2.24) is 51.6 Å². The van der Waals surface area contributed by atoms with Gasteiger partial charge in [0.05, 0.1) is 51.6 Å². The summed E-state index contributed by atoms with van der Waals surface area (Å²) in [5.41, 5.74) is 7.27. The molecule has 0 fully saturated rings. The Bertz CT molecular complexity index is 5170. The topological polar surface area (TPSA) is 315 Å². The van der Waals surface area contributed by atoms with Crippen LogP contribution in [0.1, 0.15) is 104 Å². The van der Waals surface area contributed by atoms with Gasteiger partial charge < -0.3 is 30.1 Å². The maximum atomic E-state index is 14.0. The number of carbonyl (C=O) groups is 6. The van der Waals surface area contributed by atoms with Gasteiger partial charge in [-0.05, 0) is 171 Å². The lowest BCUT2D eigenvalue weighted by Crippen LogP contribution is -2.53. The third-order valence-corrected chi connectivity index (χ3v) is 18.8. The number of urea groups is 1. The van der Waals surface area contributed by atoms with Crippen molar-refractivity contribution in [2.45, 2.75) is 143 Å². The summed E-state index contributed by atoms with van der Waals surface area (Å²) < 4.78 is 92.6. The van der Waals surface area contributed by atoms with Crippen LogP contribution in [0.15, 0.2) is 170 Å². The Morgan fingerprint density at radius 2 is 0.786 bits per heavy atom. The van der Waals surface area contributed by atoms with Gasteiger partial charge in [-0.25, -0.2) is 72.0 Å². The first-order valence-corrected chi connectivity index (χ1v) is 37.7. The van der Waals surface area contributed by atoms with E-state index in [0.717, 1.165) is 16.7 Å². The lowest BCUT2D eigenvalue weighted by Gasteiger charge is -2.35. The Balaban J connectivity index is 0.000000222. The highest BCUT2D eigenvalue weighted by Gasteiger charge is 2.34. The van der Waals surface area contributed by atoms with Crippen LogP contribution in [0.3, 0.4) is 0 Å². The molecule has 3 aromatic heterocycles. The molecular formula is C82H87Cl4F6N13O12. The number of aromatic nitrogens is 3. The molecule has 7 amide bonds. The van der Waals surface area contributed by atoms with Crippen molar-refractivity contribution >= 4 is 132 Å². The van der Waals surface area contributed by atoms with Crippen LogP contribution in [-0.4, -0.2) is 136 Å². The SMILES string of the molecule is CC(=O)N(NCc1ccc(F)cc1Cl)[C@H](COC(=O)Nc1cc2ccc(F)cc2cn1)CC(C)(C)O.CC(=O)N(NCc1cccc(F)c1Cl)[C@H](CON(C(=O)NCc1cccc(F)c1Cl)c1cc2ccc(F)cc2cn1)CC(C)(C)O.CC(=O)N(NCc1ccccc1Cl)[C@H](COC(=O)Nc1cc2ccc(F)cc2cn1)CC(C)(C)O. The molecule has 9 N–H and O–H groups in total. The second kappa shape index (κ2) is 42.0. The van der Waals surface area contributed by atoms with Gasteiger partial charge in [-0.1, -0.05) is 113 Å². The number of amides is 7. The van der Waals surface area contributed by atoms with Crippen LogP contribution >= 0.6 is 46.4 Å². The summed E-state index contributed by atoms with van der Waals surface area (Å²) in [4.78, 5) is 94.5. The summed E-state index contributed by atoms with van der Waals surface area (Å²) in [6.45, 7) is 12.8. The Morgan fingerprint density at radius 1 is 0.419 bits per heavy atom. The van der Waals surface area contributed by atoms with E-state index in [0.29, 0.717) is 54.0 Å². The van der Waals surface area contributed by atoms with E-state index in [4.69, 9.17) is 60.7 Å². The first kappa shape index (κ1) is 92.0. The number of hydrogen-bond acceptors (Lipinski definition) is 18. The Labute approximate surface area is 690 Å². The zero-order valence-electron chi connectivity index (χ0n) is 64.9. The molecule has 0 bridgehead atoms. The molecule has 0 saturated heterocycles. The summed E-state index contributed by atoms with van der Waals surface area (Å²) in [5, 5.41) is 47.8. The Hall–Kier alpha value is -10.6. The molecule has 0 unspecified atom stereocenters. The number of hydroxylamine groups is 1. The molecule has 117 heavy (non-hydrogen) atoms. The van der Waals surface area contributed by atoms with E-state index in [1.807, 2.05) is 12.1 Å². The van der Waals surface area contributed by atoms with E-state index >= 15 is 0 Å². The molecule has 10 aromatic rings. The van der Waals surface area contributed by atoms with Gasteiger partial charge in [0.25, 0.3) is 0 Å². The fraction of sp³-hybridized carbons (Fsp3) is 0.305. The molecule has 3 atom stereocenters. The van der Waals surface area contributed by atoms with Gasteiger partial charge in [-0.15, -0.1) is 0 Å². The standard InChI is InChI=1S/C32H32Cl2F3N5O4.C25H27ClF2N4O4.C25H28ClFN4O4/c1-19(43)41(40-17-22-7-5-9-27(37)30(22)34)25(14-32(2,3)45)18-46-42(28-13-20-10-11-24(35)12-23(20)16-38-28)31(44)39-15-21-6-4-8-26(36)29(21)33;1-15(33)32(30-13-17-5-7-20(28)10-22(17)26)21(11-25(2,3)35)14-36-24(34)31-23-9-16-4-6-19(27)8-18(16)12-29-23;1-16(32)31(29-14-18-6-4-5-7-22(18)26)21(12-25(2,3)34)15-35-24(33)30-23-11-17-8-9-20(27)10-19(17)13-28-23/h4-13,16,25,40,45H,14-15,17-18H2,1-3H3,(H,39,44);4-10,12,21,30,35H,11,13-14H2,1-3H3,(H,29,31,34);4-11,13,21,29,34H,12,14-15H2,1-3H3,(H,28,30,33)/t25-;2*21-/m000/s1. The second-order valence-corrected chi connectivity index (χ2v) is 30.4. The monoisotopic (exact) mass is 1700 g/mol. The number of hydrogen-bond donors (Lipinski definition) is 9. The van der Waals surface area contributed by atoms with Crippen LogP contribution in [0.2, 0.25) is 20.1 Å². The predicted octanol–water partition coefficient (Wildman–Crippen LogP) is 16.1.